The molecule has 0 spiro atoms. The van der Waals surface area contributed by atoms with E-state index >= 15 is 8.78 Å². The van der Waals surface area contributed by atoms with Crippen molar-refractivity contribution in [2.24, 2.45) is 0 Å². The van der Waals surface area contributed by atoms with E-state index in [1.807, 2.05) is 0 Å². The molecule has 12 heteroatoms. The van der Waals surface area contributed by atoms with Gasteiger partial charge in [0.1, 0.15) is 29.8 Å². The van der Waals surface area contributed by atoms with Crippen molar-refractivity contribution in [3.05, 3.63) is 53.1 Å². The number of anilines is 1. The number of likely N-dealkylation sites (N-methyl/N-ethyl adjacent to an activating group) is 1. The SMILES string of the molecule is CCN(C(=N)CO)C(=O)N(C)c1cc(O[C@@H](C)C(F)(F)F)c(/C(F)=C/c2cnccc2C)cc1F. The Morgan fingerprint density at radius 3 is 2.54 bits per heavy atom. The van der Waals surface area contributed by atoms with Crippen LogP contribution in [-0.2, 0) is 0 Å². The Bertz CT molecular complexity index is 1120. The first-order valence-electron chi connectivity index (χ1n) is 10.4. The van der Waals surface area contributed by atoms with Crippen molar-refractivity contribution in [2.45, 2.75) is 33.1 Å². The average Bonchev–Trinajstić information content (AvgIpc) is 2.80. The van der Waals surface area contributed by atoms with Gasteiger partial charge in [0.2, 0.25) is 0 Å². The third-order valence-corrected chi connectivity index (χ3v) is 5.10. The summed E-state index contributed by atoms with van der Waals surface area (Å²) >= 11 is 0. The molecule has 1 aromatic carbocycles. The van der Waals surface area contributed by atoms with Gasteiger partial charge in [-0.3, -0.25) is 20.2 Å². The fourth-order valence-electron chi connectivity index (χ4n) is 2.99. The molecule has 0 saturated heterocycles. The number of halogens is 5. The molecule has 1 atom stereocenters. The van der Waals surface area contributed by atoms with Gasteiger partial charge in [-0.2, -0.15) is 13.2 Å². The maximum atomic E-state index is 15.2. The Morgan fingerprint density at radius 2 is 2.00 bits per heavy atom. The molecular formula is C23H25F5N4O3. The molecule has 0 unspecified atom stereocenters. The van der Waals surface area contributed by atoms with E-state index in [1.165, 1.54) is 19.3 Å². The second-order valence-electron chi connectivity index (χ2n) is 7.52. The second-order valence-corrected chi connectivity index (χ2v) is 7.52. The number of aryl methyl sites for hydroxylation is 1. The number of alkyl halides is 3. The number of carbonyl (C=O) groups is 1. The number of carbonyl (C=O) groups excluding carboxylic acids is 1. The molecule has 2 amide bonds. The van der Waals surface area contributed by atoms with Crippen LogP contribution < -0.4 is 9.64 Å². The zero-order chi connectivity index (χ0) is 26.5. The zero-order valence-corrected chi connectivity index (χ0v) is 19.5. The number of amidine groups is 1. The summed E-state index contributed by atoms with van der Waals surface area (Å²) in [7, 11) is 1.12. The molecule has 0 aliphatic rings. The van der Waals surface area contributed by atoms with E-state index in [2.05, 4.69) is 4.98 Å². The minimum absolute atomic E-state index is 0.0431. The van der Waals surface area contributed by atoms with Gasteiger partial charge >= 0.3 is 12.2 Å². The largest absolute Gasteiger partial charge is 0.480 e. The molecule has 2 aromatic rings. The van der Waals surface area contributed by atoms with Crippen LogP contribution in [0.5, 0.6) is 5.75 Å². The molecule has 1 aromatic heterocycles. The van der Waals surface area contributed by atoms with E-state index in [0.29, 0.717) is 24.1 Å². The molecular weight excluding hydrogens is 475 g/mol. The van der Waals surface area contributed by atoms with E-state index < -0.39 is 59.4 Å². The summed E-state index contributed by atoms with van der Waals surface area (Å²) in [5.74, 6) is -3.33. The Kier molecular flexibility index (Phi) is 8.91. The van der Waals surface area contributed by atoms with Crippen LogP contribution in [-0.4, -0.2) is 59.3 Å². The van der Waals surface area contributed by atoms with E-state index in [9.17, 15) is 18.0 Å². The van der Waals surface area contributed by atoms with E-state index in [-0.39, 0.29) is 6.54 Å². The van der Waals surface area contributed by atoms with Gasteiger partial charge < -0.3 is 9.84 Å². The lowest BCUT2D eigenvalue weighted by Crippen LogP contribution is -2.45. The van der Waals surface area contributed by atoms with E-state index in [1.54, 1.807) is 13.0 Å². The normalized spacial score (nSPS) is 12.8. The number of nitrogens with zero attached hydrogens (tertiary/aromatic N) is 3. The van der Waals surface area contributed by atoms with Crippen molar-refractivity contribution in [3.63, 3.8) is 0 Å². The van der Waals surface area contributed by atoms with Crippen molar-refractivity contribution >= 4 is 29.5 Å². The third-order valence-electron chi connectivity index (χ3n) is 5.10. The minimum Gasteiger partial charge on any atom is -0.480 e. The molecule has 0 saturated carbocycles. The molecule has 35 heavy (non-hydrogen) atoms. The number of nitrogens with one attached hydrogen (secondary N) is 1. The quantitative estimate of drug-likeness (QED) is 0.312. The molecule has 0 aliphatic carbocycles. The van der Waals surface area contributed by atoms with Crippen molar-refractivity contribution < 1.29 is 36.6 Å². The smallest absolute Gasteiger partial charge is 0.425 e. The van der Waals surface area contributed by atoms with Gasteiger partial charge in [-0.05, 0) is 50.1 Å². The minimum atomic E-state index is -4.80. The third kappa shape index (κ3) is 6.53. The van der Waals surface area contributed by atoms with Crippen molar-refractivity contribution in [1.29, 1.82) is 5.41 Å². The predicted octanol–water partition coefficient (Wildman–Crippen LogP) is 5.17. The molecule has 0 bridgehead atoms. The van der Waals surface area contributed by atoms with Crippen LogP contribution in [0.15, 0.2) is 30.6 Å². The predicted molar refractivity (Wildman–Crippen MR) is 121 cm³/mol. The number of rotatable bonds is 7. The first-order chi connectivity index (χ1) is 16.3. The van der Waals surface area contributed by atoms with E-state index in [0.717, 1.165) is 29.0 Å². The fraction of sp³-hybridized carbons (Fsp3) is 0.348. The molecule has 0 radical (unpaired) electrons. The molecule has 7 nitrogen and oxygen atoms in total. The first kappa shape index (κ1) is 27.7. The van der Waals surface area contributed by atoms with Gasteiger partial charge in [0.25, 0.3) is 0 Å². The van der Waals surface area contributed by atoms with Gasteiger partial charge in [0, 0.05) is 32.1 Å². The first-order valence-corrected chi connectivity index (χ1v) is 10.4. The Morgan fingerprint density at radius 1 is 1.34 bits per heavy atom. The summed E-state index contributed by atoms with van der Waals surface area (Å²) in [5, 5.41) is 16.8. The number of hydrogen-bond donors (Lipinski definition) is 2. The highest BCUT2D eigenvalue weighted by atomic mass is 19.4. The van der Waals surface area contributed by atoms with Crippen LogP contribution in [0.4, 0.5) is 32.4 Å². The highest BCUT2D eigenvalue weighted by Gasteiger charge is 2.39. The molecule has 0 fully saturated rings. The molecule has 0 aliphatic heterocycles. The maximum Gasteiger partial charge on any atom is 0.425 e. The summed E-state index contributed by atoms with van der Waals surface area (Å²) in [4.78, 5) is 18.2. The zero-order valence-electron chi connectivity index (χ0n) is 19.5. The van der Waals surface area contributed by atoms with Crippen molar-refractivity contribution in [1.82, 2.24) is 9.88 Å². The summed E-state index contributed by atoms with van der Waals surface area (Å²) in [6, 6.07) is 2.07. The number of aromatic nitrogens is 1. The molecule has 190 valence electrons. The number of hydrogen-bond acceptors (Lipinski definition) is 5. The Labute approximate surface area is 198 Å². The number of amides is 2. The van der Waals surface area contributed by atoms with E-state index in [4.69, 9.17) is 15.3 Å². The number of aliphatic hydroxyl groups is 1. The van der Waals surface area contributed by atoms with Gasteiger partial charge in [0.05, 0.1) is 11.3 Å². The maximum absolute atomic E-state index is 15.2. The monoisotopic (exact) mass is 500 g/mol. The van der Waals surface area contributed by atoms with Gasteiger partial charge in [-0.15, -0.1) is 0 Å². The lowest BCUT2D eigenvalue weighted by Gasteiger charge is -2.28. The highest BCUT2D eigenvalue weighted by Crippen LogP contribution is 2.37. The summed E-state index contributed by atoms with van der Waals surface area (Å²) in [6.45, 7) is 3.07. The van der Waals surface area contributed by atoms with Crippen LogP contribution in [0.25, 0.3) is 11.9 Å². The summed E-state index contributed by atoms with van der Waals surface area (Å²) < 4.78 is 74.7. The Balaban J connectivity index is 2.62. The number of urea groups is 1. The van der Waals surface area contributed by atoms with Crippen LogP contribution in [0.3, 0.4) is 0 Å². The standard InChI is InChI=1S/C23H25F5N4O3/c1-5-32(21(29)12-33)22(34)31(4)19-10-20(35-14(3)23(26,27)28)16(9-18(19)25)17(24)8-15-11-30-7-6-13(15)2/h6-11,14,29,33H,5,12H2,1-4H3/b17-8-,29-21?/t14-/m0/s1. The number of aliphatic hydroxyl groups excluding tert-OH is 1. The molecule has 2 N–H and O–H groups in total. The van der Waals surface area contributed by atoms with Gasteiger partial charge in [-0.1, -0.05) is 0 Å². The fourth-order valence-corrected chi connectivity index (χ4v) is 2.99. The summed E-state index contributed by atoms with van der Waals surface area (Å²) in [5.41, 5.74) is -0.174. The van der Waals surface area contributed by atoms with Gasteiger partial charge in [-0.25, -0.2) is 13.6 Å². The van der Waals surface area contributed by atoms with Crippen LogP contribution >= 0.6 is 0 Å². The molecule has 2 rings (SSSR count). The second kappa shape index (κ2) is 11.3. The van der Waals surface area contributed by atoms with Crippen molar-refractivity contribution in [2.75, 3.05) is 25.1 Å². The number of benzene rings is 1. The van der Waals surface area contributed by atoms with Gasteiger partial charge in [0.15, 0.2) is 6.10 Å². The average molecular weight is 500 g/mol. The number of ether oxygens (including phenoxy) is 1. The lowest BCUT2D eigenvalue weighted by atomic mass is 10.1. The summed E-state index contributed by atoms with van der Waals surface area (Å²) in [6.07, 6.45) is -3.38. The van der Waals surface area contributed by atoms with Crippen LogP contribution in [0.2, 0.25) is 0 Å². The lowest BCUT2D eigenvalue weighted by molar-refractivity contribution is -0.189. The van der Waals surface area contributed by atoms with Crippen LogP contribution in [0, 0.1) is 18.2 Å². The highest BCUT2D eigenvalue weighted by molar-refractivity contribution is 6.03. The van der Waals surface area contributed by atoms with Crippen LogP contribution in [0.1, 0.15) is 30.5 Å². The number of pyridine rings is 1. The molecule has 1 heterocycles. The Hall–Kier alpha value is -3.54. The van der Waals surface area contributed by atoms with Crippen molar-refractivity contribution in [3.8, 4) is 5.75 Å². The topological polar surface area (TPSA) is 89.8 Å².